The minimum atomic E-state index is -0.418. The summed E-state index contributed by atoms with van der Waals surface area (Å²) in [6.45, 7) is 2.94. The molecule has 3 rings (SSSR count). The Morgan fingerprint density at radius 2 is 2.12 bits per heavy atom. The highest BCUT2D eigenvalue weighted by Gasteiger charge is 2.37. The summed E-state index contributed by atoms with van der Waals surface area (Å²) >= 11 is 0. The molecule has 3 N–H and O–H groups in total. The Balaban J connectivity index is 0.00000208. The Hall–Kier alpha value is -1.59. The number of rotatable bonds is 4. The highest BCUT2D eigenvalue weighted by atomic mass is 35.5. The maximum Gasteiger partial charge on any atom is 0.231 e. The average molecular weight is 352 g/mol. The number of halogens is 1. The van der Waals surface area contributed by atoms with Crippen molar-refractivity contribution in [2.45, 2.75) is 44.6 Å². The van der Waals surface area contributed by atoms with Gasteiger partial charge < -0.3 is 16.0 Å². The zero-order valence-electron chi connectivity index (χ0n) is 14.1. The third-order valence-electron chi connectivity index (χ3n) is 5.13. The first-order valence-electron chi connectivity index (χ1n) is 8.44. The molecule has 6 heteroatoms. The van der Waals surface area contributed by atoms with Crippen molar-refractivity contribution in [1.29, 1.82) is 0 Å². The van der Waals surface area contributed by atoms with Crippen molar-refractivity contribution >= 4 is 29.9 Å². The normalized spacial score (nSPS) is 25.8. The Morgan fingerprint density at radius 1 is 1.38 bits per heavy atom. The molecular formula is C18H26ClN3O2. The number of carbonyl (C=O) groups excluding carboxylic acids is 2. The van der Waals surface area contributed by atoms with E-state index in [1.165, 1.54) is 0 Å². The number of para-hydroxylation sites is 1. The van der Waals surface area contributed by atoms with Gasteiger partial charge in [-0.25, -0.2) is 0 Å². The Labute approximate surface area is 149 Å². The number of anilines is 1. The first-order chi connectivity index (χ1) is 11.0. The molecule has 0 aromatic heterocycles. The zero-order chi connectivity index (χ0) is 16.4. The van der Waals surface area contributed by atoms with Crippen molar-refractivity contribution in [2.75, 3.05) is 18.0 Å². The quantitative estimate of drug-likeness (QED) is 0.871. The van der Waals surface area contributed by atoms with Gasteiger partial charge in [-0.3, -0.25) is 9.59 Å². The van der Waals surface area contributed by atoms with E-state index in [0.717, 1.165) is 36.9 Å². The smallest absolute Gasteiger partial charge is 0.231 e. The molecule has 0 radical (unpaired) electrons. The number of amides is 2. The molecule has 1 fully saturated rings. The minimum absolute atomic E-state index is 0. The van der Waals surface area contributed by atoms with Gasteiger partial charge in [0.25, 0.3) is 0 Å². The summed E-state index contributed by atoms with van der Waals surface area (Å²) in [5.74, 6) is -0.00535. The lowest BCUT2D eigenvalue weighted by Gasteiger charge is -2.37. The maximum atomic E-state index is 12.4. The third-order valence-corrected chi connectivity index (χ3v) is 5.13. The molecule has 0 bridgehead atoms. The Bertz CT molecular complexity index is 618. The largest absolute Gasteiger partial charge is 0.354 e. The summed E-state index contributed by atoms with van der Waals surface area (Å²) in [7, 11) is 0. The molecule has 2 aliphatic rings. The maximum absolute atomic E-state index is 12.4. The summed E-state index contributed by atoms with van der Waals surface area (Å²) < 4.78 is 0. The summed E-state index contributed by atoms with van der Waals surface area (Å²) in [4.78, 5) is 26.3. The zero-order valence-corrected chi connectivity index (χ0v) is 14.9. The van der Waals surface area contributed by atoms with Gasteiger partial charge in [-0.1, -0.05) is 31.0 Å². The second kappa shape index (κ2) is 7.53. The molecule has 1 aliphatic carbocycles. The highest BCUT2D eigenvalue weighted by Crippen LogP contribution is 2.31. The SMILES string of the molecule is CC1(N)CCCCC1C(=O)NCCN1C(=O)Cc2ccccc21.Cl. The number of nitrogens with zero attached hydrogens (tertiary/aromatic N) is 1. The second-order valence-electron chi connectivity index (χ2n) is 6.95. The van der Waals surface area contributed by atoms with E-state index in [0.29, 0.717) is 19.5 Å². The molecule has 1 aromatic carbocycles. The fraction of sp³-hybridized carbons (Fsp3) is 0.556. The van der Waals surface area contributed by atoms with Crippen molar-refractivity contribution in [3.05, 3.63) is 29.8 Å². The van der Waals surface area contributed by atoms with Crippen LogP contribution in [0.2, 0.25) is 0 Å². The molecule has 5 nitrogen and oxygen atoms in total. The molecule has 2 atom stereocenters. The summed E-state index contributed by atoms with van der Waals surface area (Å²) in [6, 6.07) is 7.82. The van der Waals surface area contributed by atoms with Crippen LogP contribution in [-0.4, -0.2) is 30.4 Å². The molecule has 2 unspecified atom stereocenters. The standard InChI is InChI=1S/C18H25N3O2.ClH/c1-18(19)9-5-4-7-14(18)17(23)20-10-11-21-15-8-3-2-6-13(15)12-16(21)22;/h2-3,6,8,14H,4-5,7,9-12,19H2,1H3,(H,20,23);1H. The van der Waals surface area contributed by atoms with Gasteiger partial charge in [0, 0.05) is 24.3 Å². The van der Waals surface area contributed by atoms with Crippen LogP contribution in [-0.2, 0) is 16.0 Å². The van der Waals surface area contributed by atoms with E-state index in [1.54, 1.807) is 4.90 Å². The van der Waals surface area contributed by atoms with Gasteiger partial charge in [-0.2, -0.15) is 0 Å². The lowest BCUT2D eigenvalue weighted by Crippen LogP contribution is -2.53. The number of fused-ring (bicyclic) bond motifs is 1. The number of hydrogen-bond acceptors (Lipinski definition) is 3. The fourth-order valence-electron chi connectivity index (χ4n) is 3.76. The van der Waals surface area contributed by atoms with Crippen LogP contribution in [0.15, 0.2) is 24.3 Å². The van der Waals surface area contributed by atoms with Gasteiger partial charge >= 0.3 is 0 Å². The van der Waals surface area contributed by atoms with Crippen LogP contribution in [0.4, 0.5) is 5.69 Å². The second-order valence-corrected chi connectivity index (χ2v) is 6.95. The van der Waals surface area contributed by atoms with Crippen LogP contribution in [0.3, 0.4) is 0 Å². The van der Waals surface area contributed by atoms with E-state index in [4.69, 9.17) is 5.73 Å². The first-order valence-corrected chi connectivity index (χ1v) is 8.44. The Morgan fingerprint density at radius 3 is 2.88 bits per heavy atom. The van der Waals surface area contributed by atoms with Gasteiger partial charge in [0.15, 0.2) is 0 Å². The highest BCUT2D eigenvalue weighted by molar-refractivity contribution is 6.01. The summed E-state index contributed by atoms with van der Waals surface area (Å²) in [5, 5.41) is 2.97. The van der Waals surface area contributed by atoms with E-state index in [9.17, 15) is 9.59 Å². The Kier molecular flexibility index (Phi) is 5.88. The lowest BCUT2D eigenvalue weighted by molar-refractivity contribution is -0.128. The van der Waals surface area contributed by atoms with Crippen LogP contribution in [0.5, 0.6) is 0 Å². The fourth-order valence-corrected chi connectivity index (χ4v) is 3.76. The van der Waals surface area contributed by atoms with Gasteiger partial charge in [0.05, 0.1) is 12.3 Å². The van der Waals surface area contributed by atoms with Gasteiger partial charge in [-0.15, -0.1) is 12.4 Å². The number of nitrogens with one attached hydrogen (secondary N) is 1. The number of hydrogen-bond donors (Lipinski definition) is 2. The van der Waals surface area contributed by atoms with Crippen LogP contribution in [0.25, 0.3) is 0 Å². The van der Waals surface area contributed by atoms with Crippen LogP contribution in [0.1, 0.15) is 38.2 Å². The van der Waals surface area contributed by atoms with Crippen molar-refractivity contribution in [1.82, 2.24) is 5.32 Å². The van der Waals surface area contributed by atoms with Crippen LogP contribution >= 0.6 is 12.4 Å². The van der Waals surface area contributed by atoms with Crippen molar-refractivity contribution in [2.24, 2.45) is 11.7 Å². The van der Waals surface area contributed by atoms with Crippen LogP contribution in [0, 0.1) is 5.92 Å². The predicted molar refractivity (Wildman–Crippen MR) is 97.3 cm³/mol. The van der Waals surface area contributed by atoms with Crippen molar-refractivity contribution < 1.29 is 9.59 Å². The van der Waals surface area contributed by atoms with E-state index in [-0.39, 0.29) is 30.1 Å². The molecule has 0 saturated heterocycles. The molecule has 24 heavy (non-hydrogen) atoms. The molecule has 1 aromatic rings. The molecule has 0 spiro atoms. The molecule has 1 heterocycles. The van der Waals surface area contributed by atoms with Crippen LogP contribution < -0.4 is 16.0 Å². The number of nitrogens with two attached hydrogens (primary N) is 1. The lowest BCUT2D eigenvalue weighted by atomic mass is 9.74. The number of benzene rings is 1. The minimum Gasteiger partial charge on any atom is -0.354 e. The van der Waals surface area contributed by atoms with E-state index in [2.05, 4.69) is 5.32 Å². The van der Waals surface area contributed by atoms with Crippen molar-refractivity contribution in [3.8, 4) is 0 Å². The van der Waals surface area contributed by atoms with Crippen molar-refractivity contribution in [3.63, 3.8) is 0 Å². The molecule has 1 saturated carbocycles. The third kappa shape index (κ3) is 3.73. The van der Waals surface area contributed by atoms with Gasteiger partial charge in [0.1, 0.15) is 0 Å². The number of carbonyl (C=O) groups is 2. The summed E-state index contributed by atoms with van der Waals surface area (Å²) in [6.07, 6.45) is 4.35. The molecular weight excluding hydrogens is 326 g/mol. The average Bonchev–Trinajstić information content (AvgIpc) is 2.82. The predicted octanol–water partition coefficient (Wildman–Crippen LogP) is 2.02. The van der Waals surface area contributed by atoms with E-state index < -0.39 is 5.54 Å². The topological polar surface area (TPSA) is 75.4 Å². The van der Waals surface area contributed by atoms with E-state index in [1.807, 2.05) is 31.2 Å². The molecule has 132 valence electrons. The summed E-state index contributed by atoms with van der Waals surface area (Å²) in [5.41, 5.74) is 7.89. The monoisotopic (exact) mass is 351 g/mol. The molecule has 1 aliphatic heterocycles. The molecule has 2 amide bonds. The van der Waals surface area contributed by atoms with Gasteiger partial charge in [0.2, 0.25) is 11.8 Å². The van der Waals surface area contributed by atoms with Gasteiger partial charge in [-0.05, 0) is 31.4 Å². The first kappa shape index (κ1) is 18.7. The van der Waals surface area contributed by atoms with E-state index >= 15 is 0 Å².